The second-order valence-corrected chi connectivity index (χ2v) is 6.32. The molecule has 0 saturated heterocycles. The first-order valence-electron chi connectivity index (χ1n) is 6.14. The van der Waals surface area contributed by atoms with Crippen molar-refractivity contribution in [2.45, 2.75) is 19.8 Å². The molecule has 1 aromatic heterocycles. The quantitative estimate of drug-likeness (QED) is 0.783. The molecule has 0 fully saturated rings. The Balaban J connectivity index is 2.64. The van der Waals surface area contributed by atoms with Crippen LogP contribution in [-0.2, 0) is 0 Å². The zero-order chi connectivity index (χ0) is 14.9. The predicted molar refractivity (Wildman–Crippen MR) is 88.8 cm³/mol. The zero-order valence-electron chi connectivity index (χ0n) is 11.3. The fourth-order valence-electron chi connectivity index (χ4n) is 1.82. The van der Waals surface area contributed by atoms with Gasteiger partial charge in [-0.1, -0.05) is 37.0 Å². The number of nitrogens with one attached hydrogen (secondary N) is 1. The Labute approximate surface area is 136 Å². The van der Waals surface area contributed by atoms with Crippen molar-refractivity contribution < 1.29 is 0 Å². The van der Waals surface area contributed by atoms with E-state index in [1.165, 1.54) is 0 Å². The second-order valence-electron chi connectivity index (χ2n) is 4.66. The molecule has 0 atom stereocenters. The third-order valence-electron chi connectivity index (χ3n) is 2.78. The monoisotopic (exact) mass is 373 g/mol. The van der Waals surface area contributed by atoms with E-state index in [2.05, 4.69) is 45.1 Å². The third kappa shape index (κ3) is 3.25. The highest BCUT2D eigenvalue weighted by molar-refractivity contribution is 9.10. The average Bonchev–Trinajstić information content (AvgIpc) is 2.37. The van der Waals surface area contributed by atoms with Crippen LogP contribution in [-0.4, -0.2) is 17.0 Å². The highest BCUT2D eigenvalue weighted by atomic mass is 79.9. The van der Waals surface area contributed by atoms with E-state index in [-0.39, 0.29) is 5.92 Å². The molecule has 0 bridgehead atoms. The minimum atomic E-state index is 0.271. The Kier molecular flexibility index (Phi) is 4.89. The summed E-state index contributed by atoms with van der Waals surface area (Å²) in [5.74, 6) is 1.62. The van der Waals surface area contributed by atoms with E-state index in [0.29, 0.717) is 15.9 Å². The molecule has 1 heterocycles. The van der Waals surface area contributed by atoms with Crippen LogP contribution in [0.5, 0.6) is 0 Å². The van der Waals surface area contributed by atoms with Crippen molar-refractivity contribution in [2.24, 2.45) is 0 Å². The number of nitrogens with zero attached hydrogens (tertiary/aromatic N) is 2. The molecule has 3 nitrogen and oxygen atoms in total. The first-order chi connectivity index (χ1) is 9.42. The molecule has 0 radical (unpaired) electrons. The molecule has 0 aliphatic carbocycles. The van der Waals surface area contributed by atoms with Crippen molar-refractivity contribution in [3.63, 3.8) is 0 Å². The topological polar surface area (TPSA) is 37.8 Å². The standard InChI is InChI=1S/C14H14BrCl2N3/c1-7(2)12-11(15)14(18-3)20-13(19-12)8-4-9(16)6-10(17)5-8/h4-7H,1-3H3,(H,18,19,20). The highest BCUT2D eigenvalue weighted by Crippen LogP contribution is 2.32. The zero-order valence-corrected chi connectivity index (χ0v) is 14.4. The summed E-state index contributed by atoms with van der Waals surface area (Å²) in [6.45, 7) is 4.17. The summed E-state index contributed by atoms with van der Waals surface area (Å²) in [5.41, 5.74) is 1.74. The molecular formula is C14H14BrCl2N3. The maximum Gasteiger partial charge on any atom is 0.161 e. The summed E-state index contributed by atoms with van der Waals surface area (Å²) in [6, 6.07) is 5.30. The van der Waals surface area contributed by atoms with Crippen LogP contribution in [0.4, 0.5) is 5.82 Å². The van der Waals surface area contributed by atoms with Crippen molar-refractivity contribution in [2.75, 3.05) is 12.4 Å². The summed E-state index contributed by atoms with van der Waals surface area (Å²) in [7, 11) is 1.83. The minimum Gasteiger partial charge on any atom is -0.372 e. The molecule has 0 unspecified atom stereocenters. The number of halogens is 3. The molecule has 6 heteroatoms. The SMILES string of the molecule is CNc1nc(-c2cc(Cl)cc(Cl)c2)nc(C(C)C)c1Br. The number of aromatic nitrogens is 2. The summed E-state index contributed by atoms with van der Waals surface area (Å²) in [5, 5.41) is 4.20. The van der Waals surface area contributed by atoms with Gasteiger partial charge < -0.3 is 5.32 Å². The smallest absolute Gasteiger partial charge is 0.161 e. The fourth-order valence-corrected chi connectivity index (χ4v) is 3.18. The number of hydrogen-bond acceptors (Lipinski definition) is 3. The lowest BCUT2D eigenvalue weighted by molar-refractivity contribution is 0.810. The van der Waals surface area contributed by atoms with Gasteiger partial charge in [-0.25, -0.2) is 9.97 Å². The van der Waals surface area contributed by atoms with Crippen LogP contribution in [0.25, 0.3) is 11.4 Å². The van der Waals surface area contributed by atoms with Gasteiger partial charge in [0.1, 0.15) is 5.82 Å². The fraction of sp³-hybridized carbons (Fsp3) is 0.286. The van der Waals surface area contributed by atoms with Gasteiger partial charge in [0.15, 0.2) is 5.82 Å². The molecule has 0 amide bonds. The third-order valence-corrected chi connectivity index (χ3v) is 4.00. The van der Waals surface area contributed by atoms with Crippen LogP contribution in [0.2, 0.25) is 10.0 Å². The number of rotatable bonds is 3. The molecule has 106 valence electrons. The largest absolute Gasteiger partial charge is 0.372 e. The summed E-state index contributed by atoms with van der Waals surface area (Å²) >= 11 is 15.6. The van der Waals surface area contributed by atoms with Gasteiger partial charge in [0.05, 0.1) is 10.2 Å². The summed E-state index contributed by atoms with van der Waals surface area (Å²) < 4.78 is 0.881. The van der Waals surface area contributed by atoms with Gasteiger partial charge in [-0.15, -0.1) is 0 Å². The van der Waals surface area contributed by atoms with Gasteiger partial charge in [0.25, 0.3) is 0 Å². The molecule has 0 spiro atoms. The first kappa shape index (κ1) is 15.5. The van der Waals surface area contributed by atoms with Crippen LogP contribution in [0.1, 0.15) is 25.5 Å². The Morgan fingerprint density at radius 1 is 1.10 bits per heavy atom. The van der Waals surface area contributed by atoms with Gasteiger partial charge in [-0.05, 0) is 40.0 Å². The Hall–Kier alpha value is -0.840. The second kappa shape index (κ2) is 6.29. The Morgan fingerprint density at radius 3 is 2.20 bits per heavy atom. The van der Waals surface area contributed by atoms with Gasteiger partial charge in [0.2, 0.25) is 0 Å². The van der Waals surface area contributed by atoms with E-state index in [9.17, 15) is 0 Å². The molecular weight excluding hydrogens is 361 g/mol. The first-order valence-corrected chi connectivity index (χ1v) is 7.69. The number of hydrogen-bond donors (Lipinski definition) is 1. The van der Waals surface area contributed by atoms with Crippen molar-refractivity contribution in [3.05, 3.63) is 38.4 Å². The maximum atomic E-state index is 6.04. The Bertz CT molecular complexity index is 624. The lowest BCUT2D eigenvalue weighted by Gasteiger charge is -2.13. The van der Waals surface area contributed by atoms with E-state index in [1.807, 2.05) is 7.05 Å². The van der Waals surface area contributed by atoms with Crippen molar-refractivity contribution >= 4 is 44.9 Å². The minimum absolute atomic E-state index is 0.271. The van der Waals surface area contributed by atoms with Crippen LogP contribution < -0.4 is 5.32 Å². The summed E-state index contributed by atoms with van der Waals surface area (Å²) in [4.78, 5) is 9.12. The van der Waals surface area contributed by atoms with Crippen LogP contribution in [0.3, 0.4) is 0 Å². The van der Waals surface area contributed by atoms with Crippen LogP contribution >= 0.6 is 39.1 Å². The van der Waals surface area contributed by atoms with E-state index < -0.39 is 0 Å². The van der Waals surface area contributed by atoms with Gasteiger partial charge in [-0.3, -0.25) is 0 Å². The van der Waals surface area contributed by atoms with E-state index in [4.69, 9.17) is 23.2 Å². The van der Waals surface area contributed by atoms with Crippen LogP contribution in [0, 0.1) is 0 Å². The van der Waals surface area contributed by atoms with Gasteiger partial charge >= 0.3 is 0 Å². The lowest BCUT2D eigenvalue weighted by Crippen LogP contribution is -2.04. The molecule has 20 heavy (non-hydrogen) atoms. The normalized spacial score (nSPS) is 10.9. The van der Waals surface area contributed by atoms with Crippen molar-refractivity contribution in [1.29, 1.82) is 0 Å². The van der Waals surface area contributed by atoms with Crippen molar-refractivity contribution in [1.82, 2.24) is 9.97 Å². The molecule has 0 aliphatic heterocycles. The summed E-state index contributed by atoms with van der Waals surface area (Å²) in [6.07, 6.45) is 0. The maximum absolute atomic E-state index is 6.04. The van der Waals surface area contributed by atoms with E-state index in [0.717, 1.165) is 21.5 Å². The lowest BCUT2D eigenvalue weighted by atomic mass is 10.1. The Morgan fingerprint density at radius 2 is 1.70 bits per heavy atom. The molecule has 1 N–H and O–H groups in total. The highest BCUT2D eigenvalue weighted by Gasteiger charge is 2.15. The van der Waals surface area contributed by atoms with Crippen LogP contribution in [0.15, 0.2) is 22.7 Å². The van der Waals surface area contributed by atoms with Crippen molar-refractivity contribution in [3.8, 4) is 11.4 Å². The molecule has 2 rings (SSSR count). The predicted octanol–water partition coefficient (Wildman–Crippen LogP) is 5.38. The molecule has 0 aliphatic rings. The molecule has 1 aromatic carbocycles. The van der Waals surface area contributed by atoms with Gasteiger partial charge in [-0.2, -0.15) is 0 Å². The van der Waals surface area contributed by atoms with E-state index >= 15 is 0 Å². The number of anilines is 1. The number of benzene rings is 1. The molecule has 0 saturated carbocycles. The van der Waals surface area contributed by atoms with Gasteiger partial charge in [0, 0.05) is 22.7 Å². The van der Waals surface area contributed by atoms with E-state index in [1.54, 1.807) is 18.2 Å². The average molecular weight is 375 g/mol. The molecule has 2 aromatic rings.